The molecule has 1 aliphatic rings. The second-order valence-corrected chi connectivity index (χ2v) is 8.65. The Morgan fingerprint density at radius 3 is 2.45 bits per heavy atom. The number of carbonyl (C=O) groups is 3. The number of hydrogen-bond donors (Lipinski definition) is 2. The van der Waals surface area contributed by atoms with Gasteiger partial charge in [0.2, 0.25) is 0 Å². The molecule has 1 aliphatic heterocycles. The highest BCUT2D eigenvalue weighted by molar-refractivity contribution is 8.09. The highest BCUT2D eigenvalue weighted by atomic mass is 32.2. The molecule has 1 unspecified atom stereocenters. The Hall–Kier alpha value is -2.48. The monoisotopic (exact) mass is 413 g/mol. The summed E-state index contributed by atoms with van der Waals surface area (Å²) in [5.74, 6) is -0.0944. The molecular weight excluding hydrogens is 388 g/mol. The molecule has 1 saturated heterocycles. The van der Waals surface area contributed by atoms with E-state index in [-0.39, 0.29) is 27.2 Å². The first-order chi connectivity index (χ1) is 13.8. The smallest absolute Gasteiger partial charge is 0.435 e. The number of amides is 1. The van der Waals surface area contributed by atoms with Crippen LogP contribution in [0.3, 0.4) is 0 Å². The number of benzene rings is 2. The van der Waals surface area contributed by atoms with Crippen LogP contribution in [0.5, 0.6) is 0 Å². The molecule has 0 aromatic heterocycles. The van der Waals surface area contributed by atoms with Gasteiger partial charge in [-0.2, -0.15) is 8.68 Å². The van der Waals surface area contributed by atoms with Crippen molar-refractivity contribution >= 4 is 28.9 Å². The standard InChI is InChI=1S/C22H24N2O4S/c1-15-7-6-12-24(15,22(27)28)29-21(26)19(23)14-16-8-5-11-18(13-16)20(25)17-9-3-2-4-10-17/h2-5,8-11,13,15,19H,6-7,12,14,23H2,1H3/p+1/t15-,19+,24?/m1/s1. The first-order valence-corrected chi connectivity index (χ1v) is 10.4. The van der Waals surface area contributed by atoms with Gasteiger partial charge in [0.1, 0.15) is 12.6 Å². The second kappa shape index (κ2) is 8.90. The molecule has 7 heteroatoms. The van der Waals surface area contributed by atoms with Crippen molar-refractivity contribution in [2.24, 2.45) is 5.73 Å². The molecule has 3 rings (SSSR count). The van der Waals surface area contributed by atoms with E-state index in [2.05, 4.69) is 0 Å². The predicted octanol–water partition coefficient (Wildman–Crippen LogP) is 3.64. The second-order valence-electron chi connectivity index (χ2n) is 7.41. The molecule has 6 nitrogen and oxygen atoms in total. The minimum Gasteiger partial charge on any atom is -0.435 e. The fourth-order valence-electron chi connectivity index (χ4n) is 3.67. The number of nitrogens with zero attached hydrogens (tertiary/aromatic N) is 1. The third-order valence-corrected chi connectivity index (χ3v) is 6.89. The number of hydrogen-bond acceptors (Lipinski definition) is 5. The lowest BCUT2D eigenvalue weighted by molar-refractivity contribution is -0.729. The maximum atomic E-state index is 12.7. The maximum absolute atomic E-state index is 12.7. The molecule has 3 N–H and O–H groups in total. The van der Waals surface area contributed by atoms with Crippen molar-refractivity contribution in [1.82, 2.24) is 0 Å². The topological polar surface area (TPSA) is 97.5 Å². The molecular formula is C22H25N2O4S+. The number of carboxylic acid groups (broad SMARTS) is 1. The van der Waals surface area contributed by atoms with E-state index in [9.17, 15) is 19.5 Å². The lowest BCUT2D eigenvalue weighted by atomic mass is 9.99. The Morgan fingerprint density at radius 1 is 1.14 bits per heavy atom. The molecule has 0 bridgehead atoms. The third kappa shape index (κ3) is 4.58. The van der Waals surface area contributed by atoms with Crippen LogP contribution in [-0.4, -0.2) is 44.6 Å². The van der Waals surface area contributed by atoms with Gasteiger partial charge in [-0.05, 0) is 25.0 Å². The molecule has 2 aromatic carbocycles. The van der Waals surface area contributed by atoms with Crippen molar-refractivity contribution in [3.05, 3.63) is 71.3 Å². The third-order valence-electron chi connectivity index (χ3n) is 5.38. The van der Waals surface area contributed by atoms with Crippen molar-refractivity contribution in [2.75, 3.05) is 6.54 Å². The van der Waals surface area contributed by atoms with Crippen LogP contribution in [0.4, 0.5) is 4.79 Å². The number of nitrogens with two attached hydrogens (primary N) is 1. The zero-order valence-electron chi connectivity index (χ0n) is 16.3. The molecule has 29 heavy (non-hydrogen) atoms. The molecule has 0 saturated carbocycles. The van der Waals surface area contributed by atoms with Crippen LogP contribution in [0.1, 0.15) is 41.3 Å². The van der Waals surface area contributed by atoms with Gasteiger partial charge >= 0.3 is 6.09 Å². The highest BCUT2D eigenvalue weighted by Gasteiger charge is 2.50. The summed E-state index contributed by atoms with van der Waals surface area (Å²) >= 11 is 0.813. The zero-order chi connectivity index (χ0) is 21.0. The summed E-state index contributed by atoms with van der Waals surface area (Å²) in [7, 11) is 0. The quantitative estimate of drug-likeness (QED) is 0.441. The summed E-state index contributed by atoms with van der Waals surface area (Å²) in [6, 6.07) is 15.1. The molecule has 0 spiro atoms. The number of carbonyl (C=O) groups excluding carboxylic acids is 2. The Morgan fingerprint density at radius 2 is 1.83 bits per heavy atom. The van der Waals surface area contributed by atoms with Crippen molar-refractivity contribution in [1.29, 1.82) is 0 Å². The summed E-state index contributed by atoms with van der Waals surface area (Å²) in [6.07, 6.45) is 0.782. The average Bonchev–Trinajstić information content (AvgIpc) is 3.09. The molecule has 1 heterocycles. The van der Waals surface area contributed by atoms with Crippen molar-refractivity contribution in [3.8, 4) is 0 Å². The van der Waals surface area contributed by atoms with Gasteiger partial charge in [0.25, 0.3) is 5.12 Å². The number of quaternary nitrogens is 1. The summed E-state index contributed by atoms with van der Waals surface area (Å²) in [4.78, 5) is 37.1. The molecule has 3 atom stereocenters. The maximum Gasteiger partial charge on any atom is 0.526 e. The van der Waals surface area contributed by atoms with Gasteiger partial charge < -0.3 is 10.8 Å². The van der Waals surface area contributed by atoms with Crippen LogP contribution in [0.15, 0.2) is 54.6 Å². The number of likely N-dealkylation sites (tertiary alicyclic amines) is 1. The minimum atomic E-state index is -1.00. The van der Waals surface area contributed by atoms with Crippen LogP contribution in [0, 0.1) is 0 Å². The van der Waals surface area contributed by atoms with E-state index in [1.807, 2.05) is 31.2 Å². The van der Waals surface area contributed by atoms with Gasteiger partial charge in [-0.3, -0.25) is 9.59 Å². The van der Waals surface area contributed by atoms with Gasteiger partial charge in [0.15, 0.2) is 17.7 Å². The first-order valence-electron chi connectivity index (χ1n) is 9.62. The lowest BCUT2D eigenvalue weighted by Gasteiger charge is -2.29. The minimum absolute atomic E-state index is 0.0944. The lowest BCUT2D eigenvalue weighted by Crippen LogP contribution is -2.50. The predicted molar refractivity (Wildman–Crippen MR) is 112 cm³/mol. The molecule has 152 valence electrons. The van der Waals surface area contributed by atoms with Gasteiger partial charge in [0.05, 0.1) is 6.04 Å². The molecule has 0 radical (unpaired) electrons. The number of rotatable bonds is 5. The summed E-state index contributed by atoms with van der Waals surface area (Å²) in [5.41, 5.74) is 8.00. The molecule has 1 amide bonds. The van der Waals surface area contributed by atoms with Crippen LogP contribution >= 0.6 is 11.9 Å². The van der Waals surface area contributed by atoms with E-state index in [1.54, 1.807) is 30.3 Å². The van der Waals surface area contributed by atoms with Crippen molar-refractivity contribution < 1.29 is 23.4 Å². The van der Waals surface area contributed by atoms with Crippen LogP contribution in [-0.2, 0) is 11.2 Å². The van der Waals surface area contributed by atoms with E-state index in [1.165, 1.54) is 0 Å². The Labute approximate surface area is 174 Å². The molecule has 1 fully saturated rings. The normalized spacial score (nSPS) is 22.2. The average molecular weight is 414 g/mol. The Balaban J connectivity index is 1.70. The van der Waals surface area contributed by atoms with Crippen LogP contribution in [0.25, 0.3) is 0 Å². The SMILES string of the molecule is C[C@@H]1CCC[N+]1(SC(=O)[C@@H](N)Cc1cccc(C(=O)c2ccccc2)c1)C(=O)O. The van der Waals surface area contributed by atoms with Crippen molar-refractivity contribution in [2.45, 2.75) is 38.3 Å². The van der Waals surface area contributed by atoms with Crippen LogP contribution in [0.2, 0.25) is 0 Å². The van der Waals surface area contributed by atoms with Gasteiger partial charge in [0, 0.05) is 24.0 Å². The van der Waals surface area contributed by atoms with Crippen molar-refractivity contribution in [3.63, 3.8) is 0 Å². The van der Waals surface area contributed by atoms with Crippen LogP contribution < -0.4 is 5.73 Å². The fourth-order valence-corrected chi connectivity index (χ4v) is 4.79. The largest absolute Gasteiger partial charge is 0.526 e. The van der Waals surface area contributed by atoms with E-state index < -0.39 is 12.1 Å². The van der Waals surface area contributed by atoms with Gasteiger partial charge in [-0.1, -0.05) is 48.5 Å². The van der Waals surface area contributed by atoms with E-state index >= 15 is 0 Å². The summed E-state index contributed by atoms with van der Waals surface area (Å²) in [6.45, 7) is 2.27. The van der Waals surface area contributed by atoms with E-state index in [4.69, 9.17) is 5.73 Å². The Kier molecular flexibility index (Phi) is 6.52. The molecule has 0 aliphatic carbocycles. The zero-order valence-corrected chi connectivity index (χ0v) is 17.1. The summed E-state index contributed by atoms with van der Waals surface area (Å²) < 4.78 is -0.320. The number of ketones is 1. The fraction of sp³-hybridized carbons (Fsp3) is 0.318. The van der Waals surface area contributed by atoms with E-state index in [0.29, 0.717) is 17.7 Å². The van der Waals surface area contributed by atoms with E-state index in [0.717, 1.165) is 30.4 Å². The van der Waals surface area contributed by atoms with Gasteiger partial charge in [-0.25, -0.2) is 0 Å². The highest BCUT2D eigenvalue weighted by Crippen LogP contribution is 2.37. The first kappa shape index (κ1) is 21.2. The Bertz CT molecular complexity index is 918. The summed E-state index contributed by atoms with van der Waals surface area (Å²) in [5, 5.41) is 9.33. The molecule has 2 aromatic rings. The van der Waals surface area contributed by atoms with Gasteiger partial charge in [-0.15, -0.1) is 0 Å².